The van der Waals surface area contributed by atoms with Crippen LogP contribution in [-0.2, 0) is 24.3 Å². The quantitative estimate of drug-likeness (QED) is 0.518. The number of amides is 1. The van der Waals surface area contributed by atoms with E-state index in [-0.39, 0.29) is 12.3 Å². The van der Waals surface area contributed by atoms with Crippen LogP contribution in [0.5, 0.6) is 5.75 Å². The molecule has 7 heteroatoms. The Morgan fingerprint density at radius 2 is 1.85 bits per heavy atom. The van der Waals surface area contributed by atoms with Crippen molar-refractivity contribution in [2.45, 2.75) is 32.9 Å². The van der Waals surface area contributed by atoms with Gasteiger partial charge in [-0.1, -0.05) is 24.3 Å². The summed E-state index contributed by atoms with van der Waals surface area (Å²) in [6.45, 7) is 7.64. The molecule has 1 N–H and O–H groups in total. The van der Waals surface area contributed by atoms with Crippen molar-refractivity contribution in [1.29, 1.82) is 0 Å². The van der Waals surface area contributed by atoms with Crippen LogP contribution in [0.3, 0.4) is 0 Å². The Hall–Kier alpha value is -3.16. The van der Waals surface area contributed by atoms with Crippen LogP contribution in [0.2, 0.25) is 0 Å². The lowest BCUT2D eigenvalue weighted by Crippen LogP contribution is -2.43. The van der Waals surface area contributed by atoms with Gasteiger partial charge in [0.2, 0.25) is 5.91 Å². The van der Waals surface area contributed by atoms with Gasteiger partial charge in [0, 0.05) is 62.7 Å². The third-order valence-electron chi connectivity index (χ3n) is 6.58. The Morgan fingerprint density at radius 3 is 2.62 bits per heavy atom. The maximum absolute atomic E-state index is 12.5. The molecule has 2 heterocycles. The van der Waals surface area contributed by atoms with E-state index in [0.717, 1.165) is 49.2 Å². The highest BCUT2D eigenvalue weighted by molar-refractivity contribution is 5.82. The summed E-state index contributed by atoms with van der Waals surface area (Å²) in [7, 11) is 3.73. The van der Waals surface area contributed by atoms with Gasteiger partial charge in [-0.2, -0.15) is 0 Å². The normalized spacial score (nSPS) is 14.9. The van der Waals surface area contributed by atoms with Crippen LogP contribution in [0.15, 0.2) is 51.7 Å². The van der Waals surface area contributed by atoms with Crippen molar-refractivity contribution in [1.82, 2.24) is 15.1 Å². The topological polar surface area (TPSA) is 75.0 Å². The molecule has 1 aromatic heterocycles. The van der Waals surface area contributed by atoms with Gasteiger partial charge in [0.25, 0.3) is 0 Å². The van der Waals surface area contributed by atoms with Crippen molar-refractivity contribution in [3.8, 4) is 5.75 Å². The lowest BCUT2D eigenvalue weighted by Gasteiger charge is -2.32. The number of carbonyl (C=O) groups excluding carboxylic acids is 1. The molecule has 1 aliphatic rings. The maximum atomic E-state index is 12.5. The maximum Gasteiger partial charge on any atom is 0.339 e. The van der Waals surface area contributed by atoms with Crippen molar-refractivity contribution < 1.29 is 13.9 Å². The third kappa shape index (κ3) is 5.85. The fourth-order valence-corrected chi connectivity index (χ4v) is 4.42. The summed E-state index contributed by atoms with van der Waals surface area (Å²) in [6.07, 6.45) is 0.569. The van der Waals surface area contributed by atoms with Gasteiger partial charge in [-0.25, -0.2) is 4.79 Å². The van der Waals surface area contributed by atoms with E-state index in [1.165, 1.54) is 5.56 Å². The number of hydrogen-bond acceptors (Lipinski definition) is 6. The second-order valence-electron chi connectivity index (χ2n) is 9.03. The zero-order valence-electron chi connectivity index (χ0n) is 20.2. The highest BCUT2D eigenvalue weighted by Gasteiger charge is 2.15. The minimum atomic E-state index is -0.400. The number of methoxy groups -OCH3 is 1. The highest BCUT2D eigenvalue weighted by atomic mass is 16.5. The first kappa shape index (κ1) is 24.0. The molecule has 180 valence electrons. The summed E-state index contributed by atoms with van der Waals surface area (Å²) in [5, 5.41) is 3.84. The van der Waals surface area contributed by atoms with Gasteiger partial charge in [-0.15, -0.1) is 0 Å². The second kappa shape index (κ2) is 10.8. The number of ether oxygens (including phenoxy) is 1. The number of rotatable bonds is 8. The van der Waals surface area contributed by atoms with E-state index >= 15 is 0 Å². The van der Waals surface area contributed by atoms with E-state index in [2.05, 4.69) is 34.3 Å². The van der Waals surface area contributed by atoms with Crippen molar-refractivity contribution in [3.63, 3.8) is 0 Å². The number of likely N-dealkylation sites (N-methyl/N-ethyl adjacent to an activating group) is 1. The Morgan fingerprint density at radius 1 is 1.09 bits per heavy atom. The molecule has 0 atom stereocenters. The summed E-state index contributed by atoms with van der Waals surface area (Å²) in [6, 6.07) is 13.8. The first-order valence-electron chi connectivity index (χ1n) is 11.8. The average molecular weight is 464 g/mol. The zero-order chi connectivity index (χ0) is 24.1. The molecule has 1 aliphatic heterocycles. The Balaban J connectivity index is 1.32. The fourth-order valence-electron chi connectivity index (χ4n) is 4.42. The summed E-state index contributed by atoms with van der Waals surface area (Å²) in [5.74, 6) is 0.549. The highest BCUT2D eigenvalue weighted by Crippen LogP contribution is 2.24. The first-order chi connectivity index (χ1) is 16.4. The number of aryl methyl sites for hydroxylation is 1. The molecule has 0 unspecified atom stereocenters. The molecule has 3 aromatic rings. The predicted molar refractivity (Wildman–Crippen MR) is 133 cm³/mol. The number of carbonyl (C=O) groups is 1. The van der Waals surface area contributed by atoms with Gasteiger partial charge >= 0.3 is 5.63 Å². The zero-order valence-corrected chi connectivity index (χ0v) is 20.2. The number of nitrogens with zero attached hydrogens (tertiary/aromatic N) is 2. The van der Waals surface area contributed by atoms with Crippen LogP contribution in [-0.4, -0.2) is 56.0 Å². The van der Waals surface area contributed by atoms with Gasteiger partial charge in [-0.3, -0.25) is 9.69 Å². The molecule has 2 aromatic carbocycles. The molecule has 1 fully saturated rings. The van der Waals surface area contributed by atoms with Crippen LogP contribution in [0.4, 0.5) is 0 Å². The molecule has 0 aliphatic carbocycles. The number of nitrogens with one attached hydrogen (secondary N) is 1. The number of benzene rings is 2. The summed E-state index contributed by atoms with van der Waals surface area (Å²) in [5.41, 5.74) is 3.82. The van der Waals surface area contributed by atoms with Gasteiger partial charge in [0.05, 0.1) is 7.11 Å². The van der Waals surface area contributed by atoms with Gasteiger partial charge in [-0.05, 0) is 49.2 Å². The summed E-state index contributed by atoms with van der Waals surface area (Å²) in [4.78, 5) is 29.9. The van der Waals surface area contributed by atoms with E-state index in [1.807, 2.05) is 31.2 Å². The molecule has 0 saturated carbocycles. The third-order valence-corrected chi connectivity index (χ3v) is 6.58. The fraction of sp³-hybridized carbons (Fsp3) is 0.407. The summed E-state index contributed by atoms with van der Waals surface area (Å²) < 4.78 is 10.7. The largest absolute Gasteiger partial charge is 0.497 e. The molecule has 0 bridgehead atoms. The molecular formula is C27H33N3O4. The Bertz CT molecular complexity index is 1210. The minimum absolute atomic E-state index is 0.0851. The van der Waals surface area contributed by atoms with Crippen molar-refractivity contribution >= 4 is 16.9 Å². The average Bonchev–Trinajstić information content (AvgIpc) is 2.84. The molecular weight excluding hydrogens is 430 g/mol. The number of fused-ring (bicyclic) bond motifs is 1. The molecule has 7 nitrogen and oxygen atoms in total. The van der Waals surface area contributed by atoms with Crippen LogP contribution < -0.4 is 15.7 Å². The van der Waals surface area contributed by atoms with Crippen molar-refractivity contribution in [2.24, 2.45) is 0 Å². The lowest BCUT2D eigenvalue weighted by atomic mass is 10.0. The molecule has 34 heavy (non-hydrogen) atoms. The SMILES string of the molecule is COc1ccc2c(C)c(CCC(=O)NCc3cccc(CN4CCN(C)CC4)c3)c(=O)oc2c1. The number of piperazine rings is 1. The Labute approximate surface area is 200 Å². The van der Waals surface area contributed by atoms with Crippen LogP contribution in [0.25, 0.3) is 11.0 Å². The van der Waals surface area contributed by atoms with Crippen molar-refractivity contribution in [3.05, 3.63) is 75.1 Å². The van der Waals surface area contributed by atoms with E-state index in [9.17, 15) is 9.59 Å². The summed E-state index contributed by atoms with van der Waals surface area (Å²) >= 11 is 0. The molecule has 0 radical (unpaired) electrons. The Kier molecular flexibility index (Phi) is 7.65. The molecule has 1 saturated heterocycles. The standard InChI is InChI=1S/C27H33N3O4/c1-19-23-8-7-22(33-3)16-25(23)34-27(32)24(19)9-10-26(31)28-17-20-5-4-6-21(15-20)18-30-13-11-29(2)12-14-30/h4-8,15-16H,9-14,17-18H2,1-3H3,(H,28,31). The first-order valence-corrected chi connectivity index (χ1v) is 11.8. The van der Waals surface area contributed by atoms with Gasteiger partial charge < -0.3 is 19.4 Å². The lowest BCUT2D eigenvalue weighted by molar-refractivity contribution is -0.121. The second-order valence-corrected chi connectivity index (χ2v) is 9.03. The molecule has 1 amide bonds. The van der Waals surface area contributed by atoms with Gasteiger partial charge in [0.15, 0.2) is 0 Å². The van der Waals surface area contributed by atoms with Crippen LogP contribution in [0, 0.1) is 6.92 Å². The molecule has 0 spiro atoms. The van der Waals surface area contributed by atoms with Crippen LogP contribution >= 0.6 is 0 Å². The van der Waals surface area contributed by atoms with E-state index in [0.29, 0.717) is 29.9 Å². The van der Waals surface area contributed by atoms with E-state index < -0.39 is 5.63 Å². The minimum Gasteiger partial charge on any atom is -0.497 e. The van der Waals surface area contributed by atoms with E-state index in [1.54, 1.807) is 13.2 Å². The molecule has 4 rings (SSSR count). The van der Waals surface area contributed by atoms with E-state index in [4.69, 9.17) is 9.15 Å². The predicted octanol–water partition coefficient (Wildman–Crippen LogP) is 3.11. The smallest absolute Gasteiger partial charge is 0.339 e. The van der Waals surface area contributed by atoms with Gasteiger partial charge in [0.1, 0.15) is 11.3 Å². The van der Waals surface area contributed by atoms with Crippen molar-refractivity contribution in [2.75, 3.05) is 40.3 Å². The monoisotopic (exact) mass is 463 g/mol. The number of hydrogen-bond donors (Lipinski definition) is 1. The van der Waals surface area contributed by atoms with Crippen LogP contribution in [0.1, 0.15) is 28.7 Å².